The third kappa shape index (κ3) is 3.74. The van der Waals surface area contributed by atoms with E-state index in [9.17, 15) is 0 Å². The van der Waals surface area contributed by atoms with Crippen LogP contribution in [-0.2, 0) is 0 Å². The molecule has 0 aliphatic heterocycles. The van der Waals surface area contributed by atoms with Crippen molar-refractivity contribution in [3.8, 4) is 0 Å². The summed E-state index contributed by atoms with van der Waals surface area (Å²) in [6.45, 7) is 5.31. The first-order valence-electron chi connectivity index (χ1n) is 7.88. The van der Waals surface area contributed by atoms with Crippen LogP contribution in [0.15, 0.2) is 6.07 Å². The van der Waals surface area contributed by atoms with E-state index in [0.717, 1.165) is 49.5 Å². The van der Waals surface area contributed by atoms with Gasteiger partial charge >= 0.3 is 0 Å². The minimum atomic E-state index is 0.373. The van der Waals surface area contributed by atoms with Crippen molar-refractivity contribution in [1.29, 1.82) is 0 Å². The molecule has 0 amide bonds. The highest BCUT2D eigenvalue weighted by Crippen LogP contribution is 2.35. The molecule has 3 rings (SSSR count). The quantitative estimate of drug-likeness (QED) is 0.763. The number of rotatable bonds is 8. The predicted molar refractivity (Wildman–Crippen MR) is 82.9 cm³/mol. The van der Waals surface area contributed by atoms with Crippen molar-refractivity contribution >= 4 is 17.6 Å². The molecule has 1 aromatic rings. The van der Waals surface area contributed by atoms with Crippen molar-refractivity contribution in [2.45, 2.75) is 39.0 Å². The van der Waals surface area contributed by atoms with Gasteiger partial charge in [-0.05, 0) is 43.9 Å². The smallest absolute Gasteiger partial charge is 0.223 e. The first kappa shape index (κ1) is 13.5. The minimum Gasteiger partial charge on any atom is -0.370 e. The fourth-order valence-electron chi connectivity index (χ4n) is 2.44. The Morgan fingerprint density at radius 3 is 2.40 bits per heavy atom. The zero-order valence-electron chi connectivity index (χ0n) is 12.3. The average Bonchev–Trinajstić information content (AvgIpc) is 3.30. The number of nitrogen functional groups attached to an aromatic ring is 1. The molecule has 0 spiro atoms. The molecule has 0 atom stereocenters. The van der Waals surface area contributed by atoms with Crippen LogP contribution >= 0.6 is 0 Å². The van der Waals surface area contributed by atoms with Crippen LogP contribution in [0.1, 0.15) is 39.0 Å². The van der Waals surface area contributed by atoms with Gasteiger partial charge in [0, 0.05) is 25.7 Å². The number of aromatic nitrogens is 2. The van der Waals surface area contributed by atoms with Crippen molar-refractivity contribution < 1.29 is 0 Å². The molecule has 2 aliphatic carbocycles. The largest absolute Gasteiger partial charge is 0.370 e. The molecule has 2 fully saturated rings. The molecular formula is C15H25N5. The van der Waals surface area contributed by atoms with Crippen LogP contribution in [0, 0.1) is 11.8 Å². The monoisotopic (exact) mass is 275 g/mol. The Labute approximate surface area is 121 Å². The molecule has 0 bridgehead atoms. The Balaban J connectivity index is 1.74. The van der Waals surface area contributed by atoms with Crippen molar-refractivity contribution in [1.82, 2.24) is 9.97 Å². The van der Waals surface area contributed by atoms with Gasteiger partial charge in [-0.15, -0.1) is 0 Å². The summed E-state index contributed by atoms with van der Waals surface area (Å²) in [7, 11) is 0. The maximum Gasteiger partial charge on any atom is 0.223 e. The lowest BCUT2D eigenvalue weighted by atomic mass is 10.3. The van der Waals surface area contributed by atoms with Gasteiger partial charge in [0.2, 0.25) is 5.95 Å². The van der Waals surface area contributed by atoms with Gasteiger partial charge in [0.05, 0.1) is 0 Å². The highest BCUT2D eigenvalue weighted by atomic mass is 15.2. The normalized spacial score (nSPS) is 18.1. The van der Waals surface area contributed by atoms with Crippen LogP contribution in [0.25, 0.3) is 0 Å². The Morgan fingerprint density at radius 1 is 1.20 bits per heavy atom. The number of hydrogen-bond acceptors (Lipinski definition) is 5. The van der Waals surface area contributed by atoms with E-state index in [1.807, 2.05) is 0 Å². The molecule has 5 nitrogen and oxygen atoms in total. The first-order valence-corrected chi connectivity index (χ1v) is 7.88. The van der Waals surface area contributed by atoms with E-state index in [-0.39, 0.29) is 0 Å². The van der Waals surface area contributed by atoms with E-state index < -0.39 is 0 Å². The second-order valence-corrected chi connectivity index (χ2v) is 6.19. The Hall–Kier alpha value is -1.52. The standard InChI is InChI=1S/C15H25N5/c1-2-7-17-13-8-14(19-15(16)18-13)20(9-11-3-4-11)10-12-5-6-12/h8,11-12H,2-7,9-10H2,1H3,(H3,16,17,18,19). The first-order chi connectivity index (χ1) is 9.74. The number of anilines is 3. The molecule has 1 aromatic heterocycles. The van der Waals surface area contributed by atoms with Gasteiger partial charge in [-0.2, -0.15) is 9.97 Å². The minimum absolute atomic E-state index is 0.373. The van der Waals surface area contributed by atoms with Crippen molar-refractivity contribution in [3.63, 3.8) is 0 Å². The Kier molecular flexibility index (Phi) is 3.94. The molecule has 0 radical (unpaired) electrons. The van der Waals surface area contributed by atoms with Gasteiger partial charge < -0.3 is 16.0 Å². The molecule has 2 aliphatic rings. The Bertz CT molecular complexity index is 440. The van der Waals surface area contributed by atoms with E-state index in [1.165, 1.54) is 25.7 Å². The van der Waals surface area contributed by atoms with Gasteiger partial charge in [-0.25, -0.2) is 0 Å². The van der Waals surface area contributed by atoms with Crippen LogP contribution < -0.4 is 16.0 Å². The molecule has 110 valence electrons. The summed E-state index contributed by atoms with van der Waals surface area (Å²) in [4.78, 5) is 11.1. The highest BCUT2D eigenvalue weighted by Gasteiger charge is 2.30. The van der Waals surface area contributed by atoms with E-state index >= 15 is 0 Å². The van der Waals surface area contributed by atoms with Crippen LogP contribution in [0.3, 0.4) is 0 Å². The lowest BCUT2D eigenvalue weighted by Gasteiger charge is -2.24. The molecule has 0 saturated heterocycles. The number of nitrogens with one attached hydrogen (secondary N) is 1. The molecule has 0 unspecified atom stereocenters. The molecule has 3 N–H and O–H groups in total. The van der Waals surface area contributed by atoms with E-state index in [0.29, 0.717) is 5.95 Å². The molecule has 5 heteroatoms. The second-order valence-electron chi connectivity index (χ2n) is 6.19. The molecule has 20 heavy (non-hydrogen) atoms. The lowest BCUT2D eigenvalue weighted by molar-refractivity contribution is 0.671. The second kappa shape index (κ2) is 5.85. The van der Waals surface area contributed by atoms with Gasteiger partial charge in [0.15, 0.2) is 0 Å². The lowest BCUT2D eigenvalue weighted by Crippen LogP contribution is -2.29. The molecule has 1 heterocycles. The zero-order valence-corrected chi connectivity index (χ0v) is 12.3. The fraction of sp³-hybridized carbons (Fsp3) is 0.733. The molecule has 2 saturated carbocycles. The van der Waals surface area contributed by atoms with E-state index in [1.54, 1.807) is 0 Å². The summed E-state index contributed by atoms with van der Waals surface area (Å²) < 4.78 is 0. The van der Waals surface area contributed by atoms with Crippen molar-refractivity contribution in [2.75, 3.05) is 35.6 Å². The van der Waals surface area contributed by atoms with Gasteiger partial charge in [-0.3, -0.25) is 0 Å². The summed E-state index contributed by atoms with van der Waals surface area (Å²) in [5.74, 6) is 3.94. The van der Waals surface area contributed by atoms with Crippen LogP contribution in [0.2, 0.25) is 0 Å². The van der Waals surface area contributed by atoms with Crippen LogP contribution in [-0.4, -0.2) is 29.6 Å². The molecule has 0 aromatic carbocycles. The fourth-order valence-corrected chi connectivity index (χ4v) is 2.44. The maximum atomic E-state index is 5.87. The summed E-state index contributed by atoms with van der Waals surface area (Å²) in [6, 6.07) is 2.05. The van der Waals surface area contributed by atoms with Gasteiger partial charge in [-0.1, -0.05) is 6.92 Å². The predicted octanol–water partition coefficient (Wildman–Crippen LogP) is 2.51. The number of nitrogens with zero attached hydrogens (tertiary/aromatic N) is 3. The summed E-state index contributed by atoms with van der Waals surface area (Å²) in [6.07, 6.45) is 6.53. The third-order valence-electron chi connectivity index (χ3n) is 3.96. The van der Waals surface area contributed by atoms with Crippen molar-refractivity contribution in [2.24, 2.45) is 11.8 Å². The van der Waals surface area contributed by atoms with Crippen LogP contribution in [0.5, 0.6) is 0 Å². The Morgan fingerprint density at radius 2 is 1.85 bits per heavy atom. The number of hydrogen-bond donors (Lipinski definition) is 2. The average molecular weight is 275 g/mol. The third-order valence-corrected chi connectivity index (χ3v) is 3.96. The molecular weight excluding hydrogens is 250 g/mol. The SMILES string of the molecule is CCCNc1cc(N(CC2CC2)CC2CC2)nc(N)n1. The van der Waals surface area contributed by atoms with Crippen molar-refractivity contribution in [3.05, 3.63) is 6.07 Å². The van der Waals surface area contributed by atoms with Crippen LogP contribution in [0.4, 0.5) is 17.6 Å². The summed E-state index contributed by atoms with van der Waals surface area (Å²) in [5.41, 5.74) is 5.87. The zero-order chi connectivity index (χ0) is 13.9. The van der Waals surface area contributed by atoms with E-state index in [4.69, 9.17) is 5.73 Å². The van der Waals surface area contributed by atoms with Gasteiger partial charge in [0.1, 0.15) is 11.6 Å². The summed E-state index contributed by atoms with van der Waals surface area (Å²) in [5, 5.41) is 3.31. The number of nitrogens with two attached hydrogens (primary N) is 1. The van der Waals surface area contributed by atoms with E-state index in [2.05, 4.69) is 33.2 Å². The van der Waals surface area contributed by atoms with Gasteiger partial charge in [0.25, 0.3) is 0 Å². The maximum absolute atomic E-state index is 5.87. The highest BCUT2D eigenvalue weighted by molar-refractivity contribution is 5.53. The summed E-state index contributed by atoms with van der Waals surface area (Å²) >= 11 is 0. The topological polar surface area (TPSA) is 67.1 Å².